The summed E-state index contributed by atoms with van der Waals surface area (Å²) in [5.41, 5.74) is 1.05. The molecule has 0 aliphatic carbocycles. The number of hydrogen-bond acceptors (Lipinski definition) is 2. The van der Waals surface area contributed by atoms with Gasteiger partial charge in [0.05, 0.1) is 0 Å². The number of rotatable bonds is 6. The summed E-state index contributed by atoms with van der Waals surface area (Å²) in [6, 6.07) is 6.63. The minimum Gasteiger partial charge on any atom is -0.359 e. The molecule has 0 bridgehead atoms. The summed E-state index contributed by atoms with van der Waals surface area (Å²) in [4.78, 5) is 11.1. The first-order valence-corrected chi connectivity index (χ1v) is 5.86. The Kier molecular flexibility index (Phi) is 5.63. The Morgan fingerprint density at radius 3 is 2.53 bits per heavy atom. The molecule has 94 valence electrons. The highest BCUT2D eigenvalue weighted by Gasteiger charge is 2.08. The minimum absolute atomic E-state index is 0.0199. The molecular formula is C13H19FN2O. The van der Waals surface area contributed by atoms with Gasteiger partial charge in [-0.2, -0.15) is 0 Å². The van der Waals surface area contributed by atoms with Crippen LogP contribution in [0.4, 0.5) is 4.39 Å². The van der Waals surface area contributed by atoms with E-state index in [0.29, 0.717) is 13.0 Å². The van der Waals surface area contributed by atoms with Crippen LogP contribution in [0.5, 0.6) is 0 Å². The van der Waals surface area contributed by atoms with Gasteiger partial charge in [-0.1, -0.05) is 19.1 Å². The molecule has 17 heavy (non-hydrogen) atoms. The Hall–Kier alpha value is -1.42. The molecule has 1 rings (SSSR count). The maximum Gasteiger partial charge on any atom is 0.221 e. The second-order valence-corrected chi connectivity index (χ2v) is 3.89. The second kappa shape index (κ2) is 7.01. The summed E-state index contributed by atoms with van der Waals surface area (Å²) >= 11 is 0. The normalized spacial score (nSPS) is 12.2. The van der Waals surface area contributed by atoms with Crippen LogP contribution >= 0.6 is 0 Å². The van der Waals surface area contributed by atoms with Crippen molar-refractivity contribution in [3.63, 3.8) is 0 Å². The molecule has 3 nitrogen and oxygen atoms in total. The van der Waals surface area contributed by atoms with Gasteiger partial charge in [0.25, 0.3) is 0 Å². The summed E-state index contributed by atoms with van der Waals surface area (Å²) in [5, 5.41) is 5.86. The lowest BCUT2D eigenvalue weighted by molar-refractivity contribution is -0.120. The Bertz CT molecular complexity index is 351. The van der Waals surface area contributed by atoms with E-state index in [1.807, 2.05) is 0 Å². The number of nitrogens with one attached hydrogen (secondary N) is 2. The number of amides is 1. The van der Waals surface area contributed by atoms with Gasteiger partial charge in [-0.3, -0.25) is 4.79 Å². The van der Waals surface area contributed by atoms with E-state index in [9.17, 15) is 9.18 Å². The molecule has 0 spiro atoms. The van der Waals surface area contributed by atoms with E-state index in [-0.39, 0.29) is 17.8 Å². The zero-order chi connectivity index (χ0) is 12.7. The third-order valence-electron chi connectivity index (χ3n) is 2.70. The predicted molar refractivity (Wildman–Crippen MR) is 66.1 cm³/mol. The Morgan fingerprint density at radius 2 is 2.00 bits per heavy atom. The molecule has 1 unspecified atom stereocenters. The van der Waals surface area contributed by atoms with Crippen molar-refractivity contribution in [1.29, 1.82) is 0 Å². The molecule has 1 atom stereocenters. The third-order valence-corrected chi connectivity index (χ3v) is 2.70. The molecule has 0 aromatic heterocycles. The van der Waals surface area contributed by atoms with Gasteiger partial charge >= 0.3 is 0 Å². The van der Waals surface area contributed by atoms with Gasteiger partial charge in [-0.05, 0) is 24.1 Å². The van der Waals surface area contributed by atoms with E-state index in [4.69, 9.17) is 0 Å². The number of carbonyl (C=O) groups excluding carboxylic acids is 1. The summed E-state index contributed by atoms with van der Waals surface area (Å²) in [7, 11) is 1.62. The van der Waals surface area contributed by atoms with Gasteiger partial charge in [-0.25, -0.2) is 4.39 Å². The van der Waals surface area contributed by atoms with Crippen LogP contribution in [-0.2, 0) is 4.79 Å². The van der Waals surface area contributed by atoms with Gasteiger partial charge in [-0.15, -0.1) is 0 Å². The van der Waals surface area contributed by atoms with Crippen molar-refractivity contribution < 1.29 is 9.18 Å². The zero-order valence-corrected chi connectivity index (χ0v) is 10.3. The van der Waals surface area contributed by atoms with Crippen LogP contribution in [0.2, 0.25) is 0 Å². The standard InChI is InChI=1S/C13H19FN2O/c1-3-12(16-9-8-13(17)15-2)10-4-6-11(14)7-5-10/h4-7,12,16H,3,8-9H2,1-2H3,(H,15,17). The Balaban J connectivity index is 2.48. The Morgan fingerprint density at radius 1 is 1.35 bits per heavy atom. The van der Waals surface area contributed by atoms with Crippen molar-refractivity contribution in [2.75, 3.05) is 13.6 Å². The van der Waals surface area contributed by atoms with Crippen molar-refractivity contribution in [2.45, 2.75) is 25.8 Å². The van der Waals surface area contributed by atoms with Crippen LogP contribution in [0.3, 0.4) is 0 Å². The van der Waals surface area contributed by atoms with E-state index >= 15 is 0 Å². The number of halogens is 1. The topological polar surface area (TPSA) is 41.1 Å². The molecule has 0 fully saturated rings. The molecular weight excluding hydrogens is 219 g/mol. The average molecular weight is 238 g/mol. The van der Waals surface area contributed by atoms with E-state index in [0.717, 1.165) is 12.0 Å². The van der Waals surface area contributed by atoms with Crippen LogP contribution in [0.15, 0.2) is 24.3 Å². The smallest absolute Gasteiger partial charge is 0.221 e. The maximum absolute atomic E-state index is 12.8. The fourth-order valence-corrected chi connectivity index (χ4v) is 1.68. The SMILES string of the molecule is CCC(NCCC(=O)NC)c1ccc(F)cc1. The number of carbonyl (C=O) groups is 1. The van der Waals surface area contributed by atoms with Gasteiger partial charge in [0.2, 0.25) is 5.91 Å². The van der Waals surface area contributed by atoms with Crippen molar-refractivity contribution >= 4 is 5.91 Å². The fourth-order valence-electron chi connectivity index (χ4n) is 1.68. The van der Waals surface area contributed by atoms with E-state index < -0.39 is 0 Å². The molecule has 0 aliphatic rings. The van der Waals surface area contributed by atoms with Crippen LogP contribution in [0, 0.1) is 5.82 Å². The third kappa shape index (κ3) is 4.53. The van der Waals surface area contributed by atoms with Crippen LogP contribution in [-0.4, -0.2) is 19.5 Å². The average Bonchev–Trinajstić information content (AvgIpc) is 2.35. The summed E-state index contributed by atoms with van der Waals surface area (Å²) in [6.45, 7) is 2.68. The molecule has 0 heterocycles. The van der Waals surface area contributed by atoms with Crippen LogP contribution < -0.4 is 10.6 Å². The van der Waals surface area contributed by atoms with E-state index in [1.165, 1.54) is 12.1 Å². The Labute approximate surface area is 101 Å². The molecule has 2 N–H and O–H groups in total. The molecule has 1 aromatic rings. The lowest BCUT2D eigenvalue weighted by Crippen LogP contribution is -2.27. The van der Waals surface area contributed by atoms with Crippen molar-refractivity contribution in [3.8, 4) is 0 Å². The molecule has 4 heteroatoms. The zero-order valence-electron chi connectivity index (χ0n) is 10.3. The molecule has 0 aliphatic heterocycles. The van der Waals surface area contributed by atoms with Crippen LogP contribution in [0.25, 0.3) is 0 Å². The highest BCUT2D eigenvalue weighted by molar-refractivity contribution is 5.75. The van der Waals surface area contributed by atoms with Gasteiger partial charge < -0.3 is 10.6 Å². The highest BCUT2D eigenvalue weighted by Crippen LogP contribution is 2.16. The monoisotopic (exact) mass is 238 g/mol. The van der Waals surface area contributed by atoms with Crippen molar-refractivity contribution in [3.05, 3.63) is 35.6 Å². The van der Waals surface area contributed by atoms with Gasteiger partial charge in [0.1, 0.15) is 5.82 Å². The van der Waals surface area contributed by atoms with E-state index in [1.54, 1.807) is 19.2 Å². The lowest BCUT2D eigenvalue weighted by atomic mass is 10.0. The molecule has 1 aromatic carbocycles. The quantitative estimate of drug-likeness (QED) is 0.796. The van der Waals surface area contributed by atoms with Crippen LogP contribution in [0.1, 0.15) is 31.4 Å². The summed E-state index contributed by atoms with van der Waals surface area (Å²) < 4.78 is 12.8. The fraction of sp³-hybridized carbons (Fsp3) is 0.462. The minimum atomic E-state index is -0.228. The molecule has 1 amide bonds. The number of hydrogen-bond donors (Lipinski definition) is 2. The highest BCUT2D eigenvalue weighted by atomic mass is 19.1. The second-order valence-electron chi connectivity index (χ2n) is 3.89. The summed E-state index contributed by atoms with van der Waals surface area (Å²) in [5.74, 6) is -0.208. The largest absolute Gasteiger partial charge is 0.359 e. The first-order chi connectivity index (χ1) is 8.17. The first kappa shape index (κ1) is 13.6. The number of benzene rings is 1. The maximum atomic E-state index is 12.8. The summed E-state index contributed by atoms with van der Waals surface area (Å²) in [6.07, 6.45) is 1.35. The first-order valence-electron chi connectivity index (χ1n) is 5.86. The lowest BCUT2D eigenvalue weighted by Gasteiger charge is -2.17. The molecule has 0 radical (unpaired) electrons. The van der Waals surface area contributed by atoms with Crippen molar-refractivity contribution in [1.82, 2.24) is 10.6 Å². The van der Waals surface area contributed by atoms with Gasteiger partial charge in [0, 0.05) is 26.1 Å². The molecule has 0 saturated heterocycles. The van der Waals surface area contributed by atoms with Gasteiger partial charge in [0.15, 0.2) is 0 Å². The van der Waals surface area contributed by atoms with Crippen molar-refractivity contribution in [2.24, 2.45) is 0 Å². The van der Waals surface area contributed by atoms with E-state index in [2.05, 4.69) is 17.6 Å². The predicted octanol–water partition coefficient (Wildman–Crippen LogP) is 2.00. The molecule has 0 saturated carbocycles.